The topological polar surface area (TPSA) is 12.0 Å². The minimum Gasteiger partial charge on any atom is -0.389 e. The van der Waals surface area contributed by atoms with Crippen LogP contribution in [0, 0.1) is 0 Å². The Bertz CT molecular complexity index is 164. The van der Waals surface area contributed by atoms with E-state index in [9.17, 15) is 13.2 Å². The normalized spacial score (nSPS) is 22.4. The zero-order valence-corrected chi connectivity index (χ0v) is 6.75. The van der Waals surface area contributed by atoms with Gasteiger partial charge in [0, 0.05) is 12.2 Å². The zero-order valence-electron chi connectivity index (χ0n) is 6.75. The van der Waals surface area contributed by atoms with E-state index >= 15 is 0 Å². The average molecular weight is 179 g/mol. The maximum Gasteiger partial charge on any atom is 0.392 e. The summed E-state index contributed by atoms with van der Waals surface area (Å²) in [4.78, 5) is 0. The molecule has 1 aliphatic heterocycles. The van der Waals surface area contributed by atoms with Gasteiger partial charge in [-0.1, -0.05) is 6.08 Å². The van der Waals surface area contributed by atoms with Gasteiger partial charge in [-0.25, -0.2) is 0 Å². The van der Waals surface area contributed by atoms with Crippen LogP contribution in [0.3, 0.4) is 0 Å². The third-order valence-corrected chi connectivity index (χ3v) is 1.80. The minimum absolute atomic E-state index is 0.749. The van der Waals surface area contributed by atoms with Crippen molar-refractivity contribution in [2.45, 2.75) is 31.9 Å². The average Bonchev–Trinajstić information content (AvgIpc) is 2.02. The van der Waals surface area contributed by atoms with E-state index in [0.717, 1.165) is 31.5 Å². The predicted octanol–water partition coefficient (Wildman–Crippen LogP) is 2.60. The fraction of sp³-hybridized carbons (Fsp3) is 0.750. The summed E-state index contributed by atoms with van der Waals surface area (Å²) in [6.45, 7) is 0.809. The van der Waals surface area contributed by atoms with Gasteiger partial charge in [0.2, 0.25) is 0 Å². The van der Waals surface area contributed by atoms with Crippen LogP contribution >= 0.6 is 0 Å². The highest BCUT2D eigenvalue weighted by Gasteiger charge is 2.25. The summed E-state index contributed by atoms with van der Waals surface area (Å²) in [5.41, 5.74) is 0.749. The molecule has 0 bridgehead atoms. The molecule has 0 aromatic carbocycles. The van der Waals surface area contributed by atoms with E-state index in [1.54, 1.807) is 0 Å². The number of halogens is 3. The van der Waals surface area contributed by atoms with E-state index in [1.807, 2.05) is 0 Å². The fourth-order valence-corrected chi connectivity index (χ4v) is 1.19. The molecule has 0 spiro atoms. The Labute approximate surface area is 69.6 Å². The molecule has 0 aromatic rings. The standard InChI is InChI=1S/C8H12F3N/c9-8(10,11)5-4-7-3-1-2-6-12-7/h4,12H,1-3,5-6H2. The molecular weight excluding hydrogens is 167 g/mol. The molecule has 1 rings (SSSR count). The predicted molar refractivity (Wildman–Crippen MR) is 40.6 cm³/mol. The molecule has 70 valence electrons. The number of piperidine rings is 1. The summed E-state index contributed by atoms with van der Waals surface area (Å²) in [5, 5.41) is 2.95. The lowest BCUT2D eigenvalue weighted by atomic mass is 10.1. The van der Waals surface area contributed by atoms with Gasteiger partial charge in [-0.2, -0.15) is 13.2 Å². The Kier molecular flexibility index (Phi) is 3.00. The van der Waals surface area contributed by atoms with Gasteiger partial charge in [0.1, 0.15) is 0 Å². The van der Waals surface area contributed by atoms with Crippen LogP contribution in [0.1, 0.15) is 25.7 Å². The third kappa shape index (κ3) is 3.64. The van der Waals surface area contributed by atoms with Crippen LogP contribution in [0.25, 0.3) is 0 Å². The Morgan fingerprint density at radius 2 is 2.08 bits per heavy atom. The van der Waals surface area contributed by atoms with Crippen LogP contribution in [-0.4, -0.2) is 12.7 Å². The number of hydrogen-bond acceptors (Lipinski definition) is 1. The summed E-state index contributed by atoms with van der Waals surface area (Å²) < 4.78 is 35.2. The Morgan fingerprint density at radius 3 is 2.58 bits per heavy atom. The summed E-state index contributed by atoms with van der Waals surface area (Å²) in [6, 6.07) is 0. The lowest BCUT2D eigenvalue weighted by molar-refractivity contribution is -0.125. The van der Waals surface area contributed by atoms with E-state index in [4.69, 9.17) is 0 Å². The van der Waals surface area contributed by atoms with Gasteiger partial charge < -0.3 is 5.32 Å². The second-order valence-electron chi connectivity index (χ2n) is 2.93. The molecule has 1 saturated heterocycles. The fourth-order valence-electron chi connectivity index (χ4n) is 1.19. The first-order chi connectivity index (χ1) is 5.58. The molecule has 1 heterocycles. The van der Waals surface area contributed by atoms with Gasteiger partial charge in [0.25, 0.3) is 0 Å². The maximum atomic E-state index is 11.7. The molecule has 1 fully saturated rings. The quantitative estimate of drug-likeness (QED) is 0.652. The second kappa shape index (κ2) is 3.83. The van der Waals surface area contributed by atoms with E-state index < -0.39 is 12.6 Å². The van der Waals surface area contributed by atoms with Crippen molar-refractivity contribution in [3.63, 3.8) is 0 Å². The van der Waals surface area contributed by atoms with E-state index in [2.05, 4.69) is 5.32 Å². The van der Waals surface area contributed by atoms with Crippen LogP contribution in [0.5, 0.6) is 0 Å². The van der Waals surface area contributed by atoms with Crippen molar-refractivity contribution in [1.29, 1.82) is 0 Å². The Balaban J connectivity index is 2.35. The van der Waals surface area contributed by atoms with E-state index in [0.29, 0.717) is 0 Å². The van der Waals surface area contributed by atoms with Gasteiger partial charge in [0.05, 0.1) is 6.42 Å². The van der Waals surface area contributed by atoms with E-state index in [1.165, 1.54) is 6.08 Å². The smallest absolute Gasteiger partial charge is 0.389 e. The lowest BCUT2D eigenvalue weighted by Gasteiger charge is -2.16. The molecule has 12 heavy (non-hydrogen) atoms. The first kappa shape index (κ1) is 9.42. The molecule has 0 aliphatic carbocycles. The van der Waals surface area contributed by atoms with Crippen molar-refractivity contribution in [3.05, 3.63) is 11.8 Å². The van der Waals surface area contributed by atoms with Crippen LogP contribution < -0.4 is 5.32 Å². The Hall–Kier alpha value is -0.670. The number of hydrogen-bond donors (Lipinski definition) is 1. The van der Waals surface area contributed by atoms with Crippen molar-refractivity contribution < 1.29 is 13.2 Å². The highest BCUT2D eigenvalue weighted by molar-refractivity contribution is 5.02. The highest BCUT2D eigenvalue weighted by Crippen LogP contribution is 2.22. The first-order valence-corrected chi connectivity index (χ1v) is 4.07. The molecule has 0 atom stereocenters. The second-order valence-corrected chi connectivity index (χ2v) is 2.93. The molecular formula is C8H12F3N. The molecule has 0 radical (unpaired) electrons. The summed E-state index contributed by atoms with van der Waals surface area (Å²) in [5.74, 6) is 0. The van der Waals surface area contributed by atoms with E-state index in [-0.39, 0.29) is 0 Å². The molecule has 0 amide bonds. The number of alkyl halides is 3. The SMILES string of the molecule is FC(F)(F)CC=C1CCCCN1. The number of nitrogens with one attached hydrogen (secondary N) is 1. The minimum atomic E-state index is -4.06. The molecule has 0 saturated carbocycles. The molecule has 4 heteroatoms. The van der Waals surface area contributed by atoms with Crippen molar-refractivity contribution in [3.8, 4) is 0 Å². The van der Waals surface area contributed by atoms with Crippen LogP contribution in [0.2, 0.25) is 0 Å². The van der Waals surface area contributed by atoms with Crippen molar-refractivity contribution in [2.75, 3.05) is 6.54 Å². The van der Waals surface area contributed by atoms with Crippen LogP contribution in [0.15, 0.2) is 11.8 Å². The molecule has 1 N–H and O–H groups in total. The summed E-state index contributed by atoms with van der Waals surface area (Å²) in [7, 11) is 0. The van der Waals surface area contributed by atoms with Gasteiger partial charge in [-0.3, -0.25) is 0 Å². The Morgan fingerprint density at radius 1 is 1.33 bits per heavy atom. The van der Waals surface area contributed by atoms with Crippen molar-refractivity contribution in [1.82, 2.24) is 5.32 Å². The monoisotopic (exact) mass is 179 g/mol. The van der Waals surface area contributed by atoms with Gasteiger partial charge in [0.15, 0.2) is 0 Å². The largest absolute Gasteiger partial charge is 0.392 e. The number of rotatable bonds is 1. The highest BCUT2D eigenvalue weighted by atomic mass is 19.4. The molecule has 1 nitrogen and oxygen atoms in total. The maximum absolute atomic E-state index is 11.7. The third-order valence-electron chi connectivity index (χ3n) is 1.80. The summed E-state index contributed by atoms with van der Waals surface area (Å²) in [6.07, 6.45) is -0.809. The summed E-state index contributed by atoms with van der Waals surface area (Å²) >= 11 is 0. The van der Waals surface area contributed by atoms with Crippen LogP contribution in [0.4, 0.5) is 13.2 Å². The lowest BCUT2D eigenvalue weighted by Crippen LogP contribution is -2.20. The molecule has 0 aromatic heterocycles. The van der Waals surface area contributed by atoms with Crippen molar-refractivity contribution in [2.24, 2.45) is 0 Å². The van der Waals surface area contributed by atoms with Gasteiger partial charge >= 0.3 is 6.18 Å². The molecule has 1 aliphatic rings. The van der Waals surface area contributed by atoms with Gasteiger partial charge in [-0.05, 0) is 19.3 Å². The molecule has 0 unspecified atom stereocenters. The zero-order chi connectivity index (χ0) is 9.03. The first-order valence-electron chi connectivity index (χ1n) is 4.07. The van der Waals surface area contributed by atoms with Crippen molar-refractivity contribution >= 4 is 0 Å². The van der Waals surface area contributed by atoms with Gasteiger partial charge in [-0.15, -0.1) is 0 Å². The number of allylic oxidation sites excluding steroid dienone is 2. The van der Waals surface area contributed by atoms with Crippen LogP contribution in [-0.2, 0) is 0 Å².